The summed E-state index contributed by atoms with van der Waals surface area (Å²) in [5.41, 5.74) is 11.1. The van der Waals surface area contributed by atoms with E-state index in [0.29, 0.717) is 24.0 Å². The highest BCUT2D eigenvalue weighted by molar-refractivity contribution is 5.91. The summed E-state index contributed by atoms with van der Waals surface area (Å²) in [6.45, 7) is 6.51. The van der Waals surface area contributed by atoms with Crippen LogP contribution in [0.15, 0.2) is 42.6 Å². The van der Waals surface area contributed by atoms with Gasteiger partial charge < -0.3 is 15.8 Å². The van der Waals surface area contributed by atoms with E-state index in [1.807, 2.05) is 31.5 Å². The number of H-pyrrole nitrogens is 1. The number of nitrogens with one attached hydrogen (secondary N) is 1. The average molecular weight is 476 g/mol. The lowest BCUT2D eigenvalue weighted by molar-refractivity contribution is 0.172. The van der Waals surface area contributed by atoms with Crippen LogP contribution in [-0.2, 0) is 6.54 Å². The first kappa shape index (κ1) is 23.0. The molecule has 3 heterocycles. The third-order valence-corrected chi connectivity index (χ3v) is 6.51. The van der Waals surface area contributed by atoms with Crippen molar-refractivity contribution in [2.75, 3.05) is 5.73 Å². The molecule has 1 fully saturated rings. The quantitative estimate of drug-likeness (QED) is 0.366. The van der Waals surface area contributed by atoms with Crippen LogP contribution in [0.5, 0.6) is 0 Å². The van der Waals surface area contributed by atoms with Crippen LogP contribution in [0.25, 0.3) is 28.1 Å². The second kappa shape index (κ2) is 9.14. The maximum Gasteiger partial charge on any atom is 0.157 e. The number of hydrogen-bond donors (Lipinski definition) is 3. The lowest BCUT2D eigenvalue weighted by Crippen LogP contribution is -2.04. The Bertz CT molecular complexity index is 1430. The number of nitrogens with zero attached hydrogens (tertiary/aromatic N) is 5. The molecule has 1 aromatic carbocycles. The first-order valence-corrected chi connectivity index (χ1v) is 12.0. The topological polar surface area (TPSA) is 111 Å². The second-order valence-electron chi connectivity index (χ2n) is 9.19. The van der Waals surface area contributed by atoms with Crippen LogP contribution in [0.2, 0.25) is 0 Å². The highest BCUT2D eigenvalue weighted by Gasteiger charge is 2.24. The van der Waals surface area contributed by atoms with Crippen LogP contribution in [0.4, 0.5) is 10.2 Å². The maximum atomic E-state index is 13.6. The number of aliphatic hydroxyl groups is 1. The van der Waals surface area contributed by atoms with E-state index in [0.717, 1.165) is 45.8 Å². The van der Waals surface area contributed by atoms with Crippen molar-refractivity contribution in [1.29, 1.82) is 0 Å². The molecule has 35 heavy (non-hydrogen) atoms. The van der Waals surface area contributed by atoms with Crippen molar-refractivity contribution in [1.82, 2.24) is 29.5 Å². The first-order chi connectivity index (χ1) is 16.9. The molecule has 5 rings (SSSR count). The van der Waals surface area contributed by atoms with Crippen LogP contribution in [-0.4, -0.2) is 34.6 Å². The van der Waals surface area contributed by atoms with Gasteiger partial charge >= 0.3 is 0 Å². The summed E-state index contributed by atoms with van der Waals surface area (Å²) in [5, 5.41) is 20.8. The van der Waals surface area contributed by atoms with Gasteiger partial charge in [-0.2, -0.15) is 10.2 Å². The third-order valence-electron chi connectivity index (χ3n) is 6.51. The monoisotopic (exact) mass is 475 g/mol. The molecule has 0 bridgehead atoms. The molecule has 0 amide bonds. The van der Waals surface area contributed by atoms with Crippen LogP contribution in [0.1, 0.15) is 49.2 Å². The Morgan fingerprint density at radius 1 is 1.17 bits per heavy atom. The number of aromatic nitrogens is 6. The third kappa shape index (κ3) is 4.51. The molecular weight excluding hydrogens is 445 g/mol. The summed E-state index contributed by atoms with van der Waals surface area (Å²) < 4.78 is 17.2. The fourth-order valence-corrected chi connectivity index (χ4v) is 4.48. The summed E-state index contributed by atoms with van der Waals surface area (Å²) in [4.78, 5) is 7.98. The van der Waals surface area contributed by atoms with Crippen molar-refractivity contribution < 1.29 is 9.50 Å². The van der Waals surface area contributed by atoms with Crippen LogP contribution in [0, 0.1) is 25.6 Å². The molecule has 0 saturated heterocycles. The van der Waals surface area contributed by atoms with Gasteiger partial charge in [-0.1, -0.05) is 6.92 Å². The van der Waals surface area contributed by atoms with Crippen molar-refractivity contribution in [3.8, 4) is 17.1 Å². The fraction of sp³-hybridized carbons (Fsp3) is 0.346. The fourth-order valence-electron chi connectivity index (χ4n) is 4.48. The van der Waals surface area contributed by atoms with Gasteiger partial charge in [0, 0.05) is 41.0 Å². The van der Waals surface area contributed by atoms with Gasteiger partial charge in [-0.15, -0.1) is 0 Å². The summed E-state index contributed by atoms with van der Waals surface area (Å²) in [7, 11) is 0. The second-order valence-corrected chi connectivity index (χ2v) is 9.19. The van der Waals surface area contributed by atoms with E-state index in [9.17, 15) is 9.50 Å². The minimum absolute atomic E-state index is 0.293. The zero-order valence-electron chi connectivity index (χ0n) is 20.2. The predicted molar refractivity (Wildman–Crippen MR) is 134 cm³/mol. The van der Waals surface area contributed by atoms with Crippen LogP contribution in [0.3, 0.4) is 0 Å². The van der Waals surface area contributed by atoms with E-state index in [1.54, 1.807) is 29.1 Å². The molecule has 9 heteroatoms. The SMILES string of the molecule is CCC(O)c1c(C)nn(-c2cc(N)[nH]c3c(ccn2)c(-c2ccc(F)cc2)nn3CC2CC2)c1C. The number of anilines is 1. The summed E-state index contributed by atoms with van der Waals surface area (Å²) in [5.74, 6) is 1.21. The standard InChI is InChI=1S/C26H30FN7O/c1-4-21(35)24-15(2)31-34(16(24)3)23-13-22(28)30-26-20(11-12-29-23)25(18-7-9-19(27)10-8-18)32-33(26)14-17-5-6-17/h7-13,17,21,30,35H,4-6,14,28H2,1-3H3. The largest absolute Gasteiger partial charge is 0.388 e. The average Bonchev–Trinajstić information content (AvgIpc) is 3.51. The molecule has 1 unspecified atom stereocenters. The van der Waals surface area contributed by atoms with Crippen molar-refractivity contribution in [2.45, 2.75) is 52.7 Å². The smallest absolute Gasteiger partial charge is 0.157 e. The molecule has 4 aromatic rings. The molecule has 1 atom stereocenters. The maximum absolute atomic E-state index is 13.6. The Kier molecular flexibility index (Phi) is 6.02. The molecule has 4 N–H and O–H groups in total. The number of nitrogen functional groups attached to an aromatic ring is 1. The number of benzene rings is 1. The number of nitrogens with two attached hydrogens (primary N) is 1. The van der Waals surface area contributed by atoms with E-state index in [-0.39, 0.29) is 5.82 Å². The first-order valence-electron chi connectivity index (χ1n) is 12.0. The summed E-state index contributed by atoms with van der Waals surface area (Å²) in [6, 6.07) is 9.94. The number of fused-ring (bicyclic) bond motifs is 1. The predicted octanol–water partition coefficient (Wildman–Crippen LogP) is 4.93. The lowest BCUT2D eigenvalue weighted by atomic mass is 10.1. The number of aliphatic hydroxyl groups excluding tert-OH is 1. The van der Waals surface area contributed by atoms with Gasteiger partial charge in [0.2, 0.25) is 0 Å². The van der Waals surface area contributed by atoms with Crippen molar-refractivity contribution in [2.24, 2.45) is 5.92 Å². The molecule has 3 aromatic heterocycles. The van der Waals surface area contributed by atoms with E-state index in [1.165, 1.54) is 25.0 Å². The van der Waals surface area contributed by atoms with Crippen LogP contribution < -0.4 is 5.73 Å². The Morgan fingerprint density at radius 3 is 2.60 bits per heavy atom. The minimum atomic E-state index is -0.591. The summed E-state index contributed by atoms with van der Waals surface area (Å²) in [6.07, 6.45) is 4.07. The molecule has 0 radical (unpaired) electrons. The summed E-state index contributed by atoms with van der Waals surface area (Å²) >= 11 is 0. The zero-order valence-corrected chi connectivity index (χ0v) is 20.2. The van der Waals surface area contributed by atoms with Crippen molar-refractivity contribution in [3.63, 3.8) is 0 Å². The van der Waals surface area contributed by atoms with Crippen LogP contribution >= 0.6 is 0 Å². The van der Waals surface area contributed by atoms with Crippen molar-refractivity contribution in [3.05, 3.63) is 65.4 Å². The molecule has 0 spiro atoms. The van der Waals surface area contributed by atoms with Gasteiger partial charge in [0.15, 0.2) is 5.82 Å². The van der Waals surface area contributed by atoms with Gasteiger partial charge in [-0.25, -0.2) is 18.7 Å². The number of halogens is 1. The van der Waals surface area contributed by atoms with Gasteiger partial charge in [0.1, 0.15) is 23.0 Å². The number of rotatable bonds is 6. The Labute approximate surface area is 202 Å². The molecule has 1 aliphatic rings. The highest BCUT2D eigenvalue weighted by Crippen LogP contribution is 2.33. The van der Waals surface area contributed by atoms with E-state index < -0.39 is 6.10 Å². The van der Waals surface area contributed by atoms with E-state index >= 15 is 0 Å². The van der Waals surface area contributed by atoms with Gasteiger partial charge in [0.25, 0.3) is 0 Å². The lowest BCUT2D eigenvalue weighted by Gasteiger charge is -2.08. The van der Waals surface area contributed by atoms with Crippen molar-refractivity contribution >= 4 is 16.9 Å². The van der Waals surface area contributed by atoms with Gasteiger partial charge in [-0.3, -0.25) is 0 Å². The Balaban J connectivity index is 1.70. The molecule has 182 valence electrons. The number of aryl methyl sites for hydroxylation is 1. The normalized spacial score (nSPS) is 14.3. The number of hydrogen-bond acceptors (Lipinski definition) is 5. The van der Waals surface area contributed by atoms with E-state index in [4.69, 9.17) is 10.8 Å². The minimum Gasteiger partial charge on any atom is -0.388 e. The molecule has 1 aliphatic carbocycles. The zero-order chi connectivity index (χ0) is 24.7. The molecular formula is C26H30FN7O. The van der Waals surface area contributed by atoms with Gasteiger partial charge in [-0.05, 0) is 69.4 Å². The number of aromatic amines is 1. The highest BCUT2D eigenvalue weighted by atomic mass is 19.1. The molecule has 1 saturated carbocycles. The van der Waals surface area contributed by atoms with Gasteiger partial charge in [0.05, 0.1) is 11.8 Å². The Morgan fingerprint density at radius 2 is 1.91 bits per heavy atom. The Hall–Kier alpha value is -3.72. The molecule has 0 aliphatic heterocycles. The molecule has 8 nitrogen and oxygen atoms in total. The van der Waals surface area contributed by atoms with E-state index in [2.05, 4.69) is 15.1 Å².